The Morgan fingerprint density at radius 3 is 2.46 bits per heavy atom. The van der Waals surface area contributed by atoms with Crippen molar-refractivity contribution >= 4 is 6.09 Å². The van der Waals surface area contributed by atoms with Gasteiger partial charge < -0.3 is 14.8 Å². The molecule has 0 aromatic heterocycles. The summed E-state index contributed by atoms with van der Waals surface area (Å²) in [5, 5.41) is 3.08. The molecule has 0 aliphatic carbocycles. The monoisotopic (exact) mass is 484 g/mol. The fourth-order valence-corrected chi connectivity index (χ4v) is 4.35. The maximum atomic E-state index is 12.7. The number of benzene rings is 2. The van der Waals surface area contributed by atoms with E-state index >= 15 is 0 Å². The Balaban J connectivity index is 1.75. The van der Waals surface area contributed by atoms with E-state index in [1.807, 2.05) is 58.0 Å². The van der Waals surface area contributed by atoms with Crippen LogP contribution < -0.4 is 5.32 Å². The number of nitrogens with zero attached hydrogens (tertiary/aromatic N) is 1. The molecule has 0 bridgehead atoms. The summed E-state index contributed by atoms with van der Waals surface area (Å²) >= 11 is 0. The van der Waals surface area contributed by atoms with E-state index in [1.54, 1.807) is 0 Å². The molecule has 1 aliphatic rings. The zero-order valence-corrected chi connectivity index (χ0v) is 21.7. The zero-order valence-electron chi connectivity index (χ0n) is 21.7. The van der Waals surface area contributed by atoms with Crippen LogP contribution in [0.3, 0.4) is 0 Å². The summed E-state index contributed by atoms with van der Waals surface area (Å²) in [6.07, 6.45) is 1.08. The van der Waals surface area contributed by atoms with Crippen LogP contribution in [0.15, 0.2) is 54.6 Å². The summed E-state index contributed by atoms with van der Waals surface area (Å²) in [6, 6.07) is 18.6. The molecule has 2 unspecified atom stereocenters. The molecule has 1 aliphatic heterocycles. The minimum atomic E-state index is -0.577. The Hall–Kier alpha value is -2.45. The molecular formula is C28H40N2O5. The lowest BCUT2D eigenvalue weighted by Crippen LogP contribution is -2.54. The zero-order chi connectivity index (χ0) is 25.3. The van der Waals surface area contributed by atoms with Crippen molar-refractivity contribution in [2.75, 3.05) is 20.3 Å². The van der Waals surface area contributed by atoms with E-state index in [-0.39, 0.29) is 18.2 Å². The molecule has 0 radical (unpaired) electrons. The van der Waals surface area contributed by atoms with Gasteiger partial charge in [-0.15, -0.1) is 0 Å². The number of amides is 1. The van der Waals surface area contributed by atoms with E-state index in [0.717, 1.165) is 24.9 Å². The summed E-state index contributed by atoms with van der Waals surface area (Å²) in [6.45, 7) is 10.0. The third-order valence-corrected chi connectivity index (χ3v) is 6.17. The molecule has 0 fully saturated rings. The van der Waals surface area contributed by atoms with E-state index < -0.39 is 11.7 Å². The van der Waals surface area contributed by atoms with Gasteiger partial charge in [0.05, 0.1) is 32.5 Å². The molecule has 2 aromatic rings. The maximum absolute atomic E-state index is 12.7. The SMILES string of the molecule is COOCC[C@H]1Cc2ccccc2CN1CC(NC(=O)OC(C)(C)C)C(C)OCc1ccccc1. The van der Waals surface area contributed by atoms with Gasteiger partial charge in [0.2, 0.25) is 0 Å². The highest BCUT2D eigenvalue weighted by Gasteiger charge is 2.31. The summed E-state index contributed by atoms with van der Waals surface area (Å²) in [7, 11) is 1.53. The number of alkyl carbamates (subject to hydrolysis) is 1. The van der Waals surface area contributed by atoms with Crippen molar-refractivity contribution in [1.82, 2.24) is 10.2 Å². The second kappa shape index (κ2) is 13.0. The molecule has 3 rings (SSSR count). The summed E-state index contributed by atoms with van der Waals surface area (Å²) in [4.78, 5) is 25.2. The lowest BCUT2D eigenvalue weighted by molar-refractivity contribution is -0.274. The Morgan fingerprint density at radius 2 is 1.77 bits per heavy atom. The van der Waals surface area contributed by atoms with Crippen LogP contribution in [0.2, 0.25) is 0 Å². The maximum Gasteiger partial charge on any atom is 0.408 e. The van der Waals surface area contributed by atoms with Gasteiger partial charge in [-0.2, -0.15) is 0 Å². The minimum Gasteiger partial charge on any atom is -0.444 e. The number of hydrogen-bond acceptors (Lipinski definition) is 6. The first-order valence-electron chi connectivity index (χ1n) is 12.4. The highest BCUT2D eigenvalue weighted by atomic mass is 17.2. The number of carbonyl (C=O) groups is 1. The third kappa shape index (κ3) is 8.93. The minimum absolute atomic E-state index is 0.226. The predicted molar refractivity (Wildman–Crippen MR) is 136 cm³/mol. The van der Waals surface area contributed by atoms with Gasteiger partial charge in [-0.1, -0.05) is 54.6 Å². The summed E-state index contributed by atoms with van der Waals surface area (Å²) < 4.78 is 11.8. The van der Waals surface area contributed by atoms with E-state index in [0.29, 0.717) is 19.8 Å². The van der Waals surface area contributed by atoms with Crippen molar-refractivity contribution in [3.63, 3.8) is 0 Å². The highest BCUT2D eigenvalue weighted by Crippen LogP contribution is 2.26. The van der Waals surface area contributed by atoms with Gasteiger partial charge in [0, 0.05) is 19.1 Å². The van der Waals surface area contributed by atoms with Crippen LogP contribution in [0.25, 0.3) is 0 Å². The second-order valence-corrected chi connectivity index (χ2v) is 10.1. The van der Waals surface area contributed by atoms with E-state index in [4.69, 9.17) is 19.2 Å². The number of nitrogens with one attached hydrogen (secondary N) is 1. The first-order chi connectivity index (χ1) is 16.7. The van der Waals surface area contributed by atoms with Crippen LogP contribution in [0.5, 0.6) is 0 Å². The molecule has 192 valence electrons. The number of fused-ring (bicyclic) bond motifs is 1. The summed E-state index contributed by atoms with van der Waals surface area (Å²) in [5.41, 5.74) is 3.19. The van der Waals surface area contributed by atoms with Gasteiger partial charge in [0.1, 0.15) is 5.60 Å². The van der Waals surface area contributed by atoms with Crippen LogP contribution in [0, 0.1) is 0 Å². The molecule has 1 amide bonds. The van der Waals surface area contributed by atoms with Gasteiger partial charge >= 0.3 is 6.09 Å². The van der Waals surface area contributed by atoms with E-state index in [1.165, 1.54) is 18.2 Å². The molecule has 7 nitrogen and oxygen atoms in total. The van der Waals surface area contributed by atoms with Gasteiger partial charge in [0.15, 0.2) is 0 Å². The smallest absolute Gasteiger partial charge is 0.408 e. The van der Waals surface area contributed by atoms with Gasteiger partial charge in [-0.25, -0.2) is 14.6 Å². The van der Waals surface area contributed by atoms with Crippen LogP contribution in [0.4, 0.5) is 4.79 Å². The van der Waals surface area contributed by atoms with Crippen LogP contribution in [0.1, 0.15) is 50.8 Å². The van der Waals surface area contributed by atoms with Crippen molar-refractivity contribution in [1.29, 1.82) is 0 Å². The number of ether oxygens (including phenoxy) is 2. The molecule has 1 heterocycles. The lowest BCUT2D eigenvalue weighted by atomic mass is 9.91. The molecule has 0 saturated heterocycles. The predicted octanol–water partition coefficient (Wildman–Crippen LogP) is 4.88. The average molecular weight is 485 g/mol. The molecule has 7 heteroatoms. The average Bonchev–Trinajstić information content (AvgIpc) is 2.82. The van der Waals surface area contributed by atoms with Crippen LogP contribution >= 0.6 is 0 Å². The largest absolute Gasteiger partial charge is 0.444 e. The molecular weight excluding hydrogens is 444 g/mol. The van der Waals surface area contributed by atoms with E-state index in [2.05, 4.69) is 34.5 Å². The molecule has 0 saturated carbocycles. The Labute approximate surface area is 209 Å². The van der Waals surface area contributed by atoms with Crippen molar-refractivity contribution in [3.8, 4) is 0 Å². The molecule has 0 spiro atoms. The first-order valence-corrected chi connectivity index (χ1v) is 12.4. The fraction of sp³-hybridized carbons (Fsp3) is 0.536. The number of carbonyl (C=O) groups excluding carboxylic acids is 1. The Bertz CT molecular complexity index is 915. The van der Waals surface area contributed by atoms with Crippen LogP contribution in [-0.4, -0.2) is 55.0 Å². The topological polar surface area (TPSA) is 69.3 Å². The van der Waals surface area contributed by atoms with Crippen molar-refractivity contribution in [2.24, 2.45) is 0 Å². The Kier molecular flexibility index (Phi) is 10.1. The van der Waals surface area contributed by atoms with Crippen molar-refractivity contribution < 1.29 is 24.0 Å². The van der Waals surface area contributed by atoms with Gasteiger partial charge in [-0.05, 0) is 57.2 Å². The molecule has 35 heavy (non-hydrogen) atoms. The normalized spacial score (nSPS) is 17.9. The fourth-order valence-electron chi connectivity index (χ4n) is 4.35. The molecule has 3 atom stereocenters. The standard InChI is InChI=1S/C28H40N2O5/c1-21(33-20-22-11-7-6-8-12-22)26(29-27(31)35-28(2,3)4)19-30-18-24-14-10-9-13-23(24)17-25(30)15-16-34-32-5/h6-14,21,25-26H,15-20H2,1-5H3,(H,29,31)/t21?,25-,26?/m0/s1. The number of hydrogen-bond donors (Lipinski definition) is 1. The molecule has 2 aromatic carbocycles. The first kappa shape index (κ1) is 27.1. The molecule has 1 N–H and O–H groups in total. The highest BCUT2D eigenvalue weighted by molar-refractivity contribution is 5.68. The second-order valence-electron chi connectivity index (χ2n) is 10.1. The third-order valence-electron chi connectivity index (χ3n) is 6.17. The Morgan fingerprint density at radius 1 is 1.09 bits per heavy atom. The quantitative estimate of drug-likeness (QED) is 0.279. The van der Waals surface area contributed by atoms with Gasteiger partial charge in [-0.3, -0.25) is 4.90 Å². The van der Waals surface area contributed by atoms with E-state index in [9.17, 15) is 4.79 Å². The van der Waals surface area contributed by atoms with Crippen LogP contribution in [-0.2, 0) is 38.8 Å². The van der Waals surface area contributed by atoms with Crippen molar-refractivity contribution in [2.45, 2.75) is 77.5 Å². The number of rotatable bonds is 11. The summed E-state index contributed by atoms with van der Waals surface area (Å²) in [5.74, 6) is 0. The lowest BCUT2D eigenvalue weighted by Gasteiger charge is -2.40. The van der Waals surface area contributed by atoms with Gasteiger partial charge in [0.25, 0.3) is 0 Å². The van der Waals surface area contributed by atoms with Crippen molar-refractivity contribution in [3.05, 3.63) is 71.3 Å².